The van der Waals surface area contributed by atoms with E-state index in [2.05, 4.69) is 10.9 Å². The quantitative estimate of drug-likeness (QED) is 0.0878. The van der Waals surface area contributed by atoms with E-state index in [1.807, 2.05) is 0 Å². The zero-order chi connectivity index (χ0) is 37.2. The van der Waals surface area contributed by atoms with Crippen LogP contribution >= 0.6 is 0 Å². The molecule has 3 aliphatic heterocycles. The number of rotatable bonds is 11. The van der Waals surface area contributed by atoms with Crippen LogP contribution in [0.15, 0.2) is 0 Å². The maximum Gasteiger partial charge on any atom is 0.422 e. The number of ether oxygens (including phenoxy) is 7. The third-order valence-electron chi connectivity index (χ3n) is 9.03. The van der Waals surface area contributed by atoms with Crippen molar-refractivity contribution >= 4 is 6.09 Å². The number of amides is 1. The Morgan fingerprint density at radius 2 is 1.22 bits per heavy atom. The molecule has 4 rings (SSSR count). The number of carbonyl (C=O) groups is 1. The Hall–Kier alpha value is -1.49. The van der Waals surface area contributed by atoms with Gasteiger partial charge in [0.1, 0.15) is 72.7 Å². The van der Waals surface area contributed by atoms with E-state index in [1.165, 1.54) is 0 Å². The lowest BCUT2D eigenvalue weighted by Gasteiger charge is -2.47. The summed E-state index contributed by atoms with van der Waals surface area (Å²) in [6.45, 7) is 3.93. The van der Waals surface area contributed by atoms with E-state index in [4.69, 9.17) is 61.8 Å². The van der Waals surface area contributed by atoms with Crippen molar-refractivity contribution < 1.29 is 73.7 Å². The van der Waals surface area contributed by atoms with Crippen molar-refractivity contribution in [1.82, 2.24) is 10.9 Å². The number of aliphatic hydroxyl groups excluding tert-OH is 7. The lowest BCUT2D eigenvalue weighted by atomic mass is 9.84. The molecule has 19 atom stereocenters. The van der Waals surface area contributed by atoms with Gasteiger partial charge in [0.25, 0.3) is 0 Å². The molecule has 3 saturated heterocycles. The second-order valence-corrected chi connectivity index (χ2v) is 14.0. The first kappa shape index (κ1) is 41.3. The minimum absolute atomic E-state index is 0.0378. The van der Waals surface area contributed by atoms with Crippen LogP contribution in [0.1, 0.15) is 27.2 Å². The summed E-state index contributed by atoms with van der Waals surface area (Å²) in [4.78, 5) is 12.0. The van der Waals surface area contributed by atoms with Gasteiger partial charge in [-0.1, -0.05) is 0 Å². The number of nitrogens with one attached hydrogen (secondary N) is 2. The van der Waals surface area contributed by atoms with Crippen LogP contribution < -0.4 is 39.5 Å². The van der Waals surface area contributed by atoms with Crippen LogP contribution in [0.5, 0.6) is 0 Å². The van der Waals surface area contributed by atoms with Crippen LogP contribution in [0.4, 0.5) is 4.79 Å². The first-order valence-electron chi connectivity index (χ1n) is 16.4. The summed E-state index contributed by atoms with van der Waals surface area (Å²) in [5.74, 6) is 0. The second-order valence-electron chi connectivity index (χ2n) is 14.0. The Kier molecular flexibility index (Phi) is 14.1. The predicted octanol–water partition coefficient (Wildman–Crippen LogP) is -7.82. The molecule has 19 N–H and O–H groups in total. The van der Waals surface area contributed by atoms with Crippen LogP contribution in [0.3, 0.4) is 0 Å². The highest BCUT2D eigenvalue weighted by Gasteiger charge is 2.54. The van der Waals surface area contributed by atoms with Gasteiger partial charge in [0.15, 0.2) is 18.9 Å². The average Bonchev–Trinajstić information content (AvgIpc) is 3.34. The molecule has 0 unspecified atom stereocenters. The van der Waals surface area contributed by atoms with Crippen molar-refractivity contribution in [1.29, 1.82) is 0 Å². The van der Waals surface area contributed by atoms with E-state index in [-0.39, 0.29) is 19.5 Å². The highest BCUT2D eigenvalue weighted by Crippen LogP contribution is 2.34. The van der Waals surface area contributed by atoms with Gasteiger partial charge in [0, 0.05) is 25.2 Å². The van der Waals surface area contributed by atoms with Crippen molar-refractivity contribution in [2.75, 3.05) is 19.7 Å². The first-order valence-corrected chi connectivity index (χ1v) is 16.4. The summed E-state index contributed by atoms with van der Waals surface area (Å²) in [5.41, 5.74) is 34.4. The molecule has 1 saturated carbocycles. The molecule has 0 aromatic carbocycles. The maximum absolute atomic E-state index is 12.0. The van der Waals surface area contributed by atoms with Gasteiger partial charge < -0.3 is 97.6 Å². The summed E-state index contributed by atoms with van der Waals surface area (Å²) < 4.78 is 40.3. The van der Waals surface area contributed by atoms with Gasteiger partial charge in [-0.3, -0.25) is 5.43 Å². The maximum atomic E-state index is 12.0. The third-order valence-corrected chi connectivity index (χ3v) is 9.03. The average molecular weight is 730 g/mol. The molecular weight excluding hydrogens is 674 g/mol. The van der Waals surface area contributed by atoms with Gasteiger partial charge >= 0.3 is 6.09 Å². The van der Waals surface area contributed by atoms with E-state index >= 15 is 0 Å². The minimum Gasteiger partial charge on any atom is -0.443 e. The van der Waals surface area contributed by atoms with Crippen molar-refractivity contribution in [2.45, 2.75) is 149 Å². The van der Waals surface area contributed by atoms with Gasteiger partial charge in [0.2, 0.25) is 0 Å². The van der Waals surface area contributed by atoms with Crippen LogP contribution in [0, 0.1) is 0 Å². The lowest BCUT2D eigenvalue weighted by molar-refractivity contribution is -0.307. The van der Waals surface area contributed by atoms with Crippen LogP contribution in [-0.2, 0) is 33.2 Å². The molecule has 3 heterocycles. The molecule has 0 bridgehead atoms. The smallest absolute Gasteiger partial charge is 0.422 e. The monoisotopic (exact) mass is 729 g/mol. The van der Waals surface area contributed by atoms with E-state index in [0.29, 0.717) is 0 Å². The predicted molar refractivity (Wildman–Crippen MR) is 167 cm³/mol. The second kappa shape index (κ2) is 17.1. The van der Waals surface area contributed by atoms with Gasteiger partial charge in [-0.2, -0.15) is 0 Å². The SMILES string of the molecule is CC(C)(C)OC(=O)NNC[C@H]1O[C@H](O[C@H]2[C@H](O[C@@H]3O[C@H](CO)[C@@H](O[C@H]4O[C@@H](CN)[C@@H](O)[C@H](O)[C@H]4N)[C@H]3O)[C@@H](O)[C@H](N)C[C@@H]2N)[C@H](N)[C@@H](O)[C@@H]1O. The van der Waals surface area contributed by atoms with Crippen molar-refractivity contribution in [3.8, 4) is 0 Å². The molecule has 1 aliphatic carbocycles. The highest BCUT2D eigenvalue weighted by atomic mass is 16.8. The summed E-state index contributed by atoms with van der Waals surface area (Å²) in [7, 11) is 0. The van der Waals surface area contributed by atoms with Gasteiger partial charge in [-0.05, 0) is 27.2 Å². The minimum atomic E-state index is -1.65. The Bertz CT molecular complexity index is 1100. The summed E-state index contributed by atoms with van der Waals surface area (Å²) in [6.07, 6.45) is -21.7. The normalized spacial score (nSPS) is 47.2. The molecule has 292 valence electrons. The Morgan fingerprint density at radius 3 is 1.78 bits per heavy atom. The molecule has 1 amide bonds. The topological polar surface area (TPSA) is 377 Å². The molecule has 50 heavy (non-hydrogen) atoms. The largest absolute Gasteiger partial charge is 0.443 e. The standard InChI is InChI=1S/C28H55N7O15/c1-28(2,3)50-27(43)35-34-6-11-17(39)19(41)14(33)25(45-11)47-21-9(31)4-8(30)15(37)23(21)49-26-20(42)22(12(7-36)46-26)48-24-13(32)18(40)16(38)10(5-29)44-24/h8-26,34,36-42H,4-7,29-33H2,1-3H3,(H,35,43)/t8-,9+,10+,11-,12-,13-,14-,15+,16-,17-,18-,19-,20-,21-,22-,23-,24-,25-,26+/m1/s1. The molecule has 0 radical (unpaired) electrons. The molecule has 0 spiro atoms. The summed E-state index contributed by atoms with van der Waals surface area (Å²) in [5, 5.41) is 74.3. The number of aliphatic hydroxyl groups is 7. The van der Waals surface area contributed by atoms with Crippen LogP contribution in [0.2, 0.25) is 0 Å². The molecule has 22 nitrogen and oxygen atoms in total. The molecule has 0 aromatic rings. The first-order chi connectivity index (χ1) is 23.4. The number of nitrogens with two attached hydrogens (primary N) is 5. The molecular formula is C28H55N7O15. The fourth-order valence-electron chi connectivity index (χ4n) is 6.24. The number of carbonyl (C=O) groups excluding carboxylic acids is 1. The Balaban J connectivity index is 1.45. The van der Waals surface area contributed by atoms with Gasteiger partial charge in [-0.25, -0.2) is 10.2 Å². The highest BCUT2D eigenvalue weighted by molar-refractivity contribution is 5.66. The molecule has 0 aromatic heterocycles. The Morgan fingerprint density at radius 1 is 0.700 bits per heavy atom. The Labute approximate surface area is 288 Å². The van der Waals surface area contributed by atoms with Crippen LogP contribution in [0.25, 0.3) is 0 Å². The summed E-state index contributed by atoms with van der Waals surface area (Å²) >= 11 is 0. The fraction of sp³-hybridized carbons (Fsp3) is 0.964. The summed E-state index contributed by atoms with van der Waals surface area (Å²) in [6, 6.07) is -4.43. The van der Waals surface area contributed by atoms with Crippen molar-refractivity contribution in [2.24, 2.45) is 28.7 Å². The van der Waals surface area contributed by atoms with E-state index in [0.717, 1.165) is 0 Å². The zero-order valence-corrected chi connectivity index (χ0v) is 28.1. The van der Waals surface area contributed by atoms with Crippen molar-refractivity contribution in [3.63, 3.8) is 0 Å². The van der Waals surface area contributed by atoms with E-state index < -0.39 is 135 Å². The number of hydrogen-bond acceptors (Lipinski definition) is 21. The van der Waals surface area contributed by atoms with E-state index in [9.17, 15) is 40.5 Å². The van der Waals surface area contributed by atoms with Crippen molar-refractivity contribution in [3.05, 3.63) is 0 Å². The third kappa shape index (κ3) is 9.35. The number of hydrazine groups is 1. The molecule has 22 heteroatoms. The number of hydrogen-bond donors (Lipinski definition) is 14. The van der Waals surface area contributed by atoms with E-state index in [1.54, 1.807) is 20.8 Å². The molecule has 4 aliphatic rings. The fourth-order valence-corrected chi connectivity index (χ4v) is 6.24. The lowest BCUT2D eigenvalue weighted by Crippen LogP contribution is -2.68. The zero-order valence-electron chi connectivity index (χ0n) is 28.1. The van der Waals surface area contributed by atoms with Gasteiger partial charge in [0.05, 0.1) is 24.8 Å². The van der Waals surface area contributed by atoms with Crippen LogP contribution in [-0.4, -0.2) is 183 Å². The van der Waals surface area contributed by atoms with Gasteiger partial charge in [-0.15, -0.1) is 0 Å². The molecule has 4 fully saturated rings.